The first-order valence-electron chi connectivity index (χ1n) is 6.94. The zero-order chi connectivity index (χ0) is 15.2. The number of carboxylic acids is 1. The summed E-state index contributed by atoms with van der Waals surface area (Å²) in [5.41, 5.74) is 3.54. The molecule has 3 heteroatoms. The second kappa shape index (κ2) is 4.65. The predicted octanol–water partition coefficient (Wildman–Crippen LogP) is 4.86. The first-order chi connectivity index (χ1) is 9.14. The van der Waals surface area contributed by atoms with Crippen molar-refractivity contribution in [2.24, 2.45) is 0 Å². The molecule has 0 aliphatic heterocycles. The lowest BCUT2D eigenvalue weighted by molar-refractivity contribution is 0.0662. The number of benzene rings is 1. The van der Waals surface area contributed by atoms with E-state index in [4.69, 9.17) is 4.42 Å². The van der Waals surface area contributed by atoms with Gasteiger partial charge in [0.1, 0.15) is 5.58 Å². The van der Waals surface area contributed by atoms with Crippen LogP contribution >= 0.6 is 0 Å². The molecule has 0 saturated heterocycles. The molecule has 0 aliphatic carbocycles. The van der Waals surface area contributed by atoms with E-state index in [0.29, 0.717) is 0 Å². The van der Waals surface area contributed by atoms with Gasteiger partial charge in [-0.25, -0.2) is 4.79 Å². The quantitative estimate of drug-likeness (QED) is 0.850. The molecule has 0 bridgehead atoms. The molecule has 1 heterocycles. The molecule has 2 rings (SSSR count). The van der Waals surface area contributed by atoms with Gasteiger partial charge in [-0.05, 0) is 23.8 Å². The van der Waals surface area contributed by atoms with Crippen LogP contribution in [0, 0.1) is 6.92 Å². The molecule has 0 saturated carbocycles. The summed E-state index contributed by atoms with van der Waals surface area (Å²) in [6.07, 6.45) is 0. The summed E-state index contributed by atoms with van der Waals surface area (Å²) in [7, 11) is 0. The van der Waals surface area contributed by atoms with Crippen molar-refractivity contribution in [2.75, 3.05) is 0 Å². The van der Waals surface area contributed by atoms with Crippen molar-refractivity contribution in [3.63, 3.8) is 0 Å². The van der Waals surface area contributed by atoms with Crippen LogP contribution in [0.1, 0.15) is 67.8 Å². The normalized spacial score (nSPS) is 12.3. The molecular formula is C17H22O3. The van der Waals surface area contributed by atoms with Gasteiger partial charge in [-0.3, -0.25) is 0 Å². The highest BCUT2D eigenvalue weighted by Crippen LogP contribution is 2.39. The van der Waals surface area contributed by atoms with Crippen LogP contribution in [0.15, 0.2) is 16.5 Å². The van der Waals surface area contributed by atoms with Crippen molar-refractivity contribution in [3.8, 4) is 0 Å². The minimum atomic E-state index is -0.996. The van der Waals surface area contributed by atoms with E-state index >= 15 is 0 Å². The number of carboxylic acid groups (broad SMARTS) is 1. The zero-order valence-corrected chi connectivity index (χ0v) is 13.0. The van der Waals surface area contributed by atoms with Gasteiger partial charge in [0.05, 0.1) is 0 Å². The zero-order valence-electron chi connectivity index (χ0n) is 13.0. The maximum absolute atomic E-state index is 11.5. The summed E-state index contributed by atoms with van der Waals surface area (Å²) in [4.78, 5) is 11.5. The van der Waals surface area contributed by atoms with E-state index in [1.807, 2.05) is 26.8 Å². The topological polar surface area (TPSA) is 50.4 Å². The highest BCUT2D eigenvalue weighted by Gasteiger charge is 2.27. The second-order valence-corrected chi connectivity index (χ2v) is 6.69. The van der Waals surface area contributed by atoms with Gasteiger partial charge in [0, 0.05) is 16.5 Å². The van der Waals surface area contributed by atoms with Crippen molar-refractivity contribution >= 4 is 16.9 Å². The Balaban J connectivity index is 2.96. The number of furan rings is 1. The first-order valence-corrected chi connectivity index (χ1v) is 6.94. The Hall–Kier alpha value is -1.77. The summed E-state index contributed by atoms with van der Waals surface area (Å²) in [5.74, 6) is -0.810. The monoisotopic (exact) mass is 274 g/mol. The molecular weight excluding hydrogens is 252 g/mol. The van der Waals surface area contributed by atoms with Crippen molar-refractivity contribution < 1.29 is 14.3 Å². The van der Waals surface area contributed by atoms with E-state index in [9.17, 15) is 9.90 Å². The van der Waals surface area contributed by atoms with Gasteiger partial charge in [-0.2, -0.15) is 0 Å². The van der Waals surface area contributed by atoms with E-state index in [1.54, 1.807) is 0 Å². The molecule has 0 unspecified atom stereocenters. The molecule has 108 valence electrons. The standard InChI is InChI=1S/C17H22O3/c1-9(2)12-13-10(3)7-8-11(17(4,5)6)14(13)20-15(12)16(18)19/h7-9H,1-6H3,(H,18,19). The van der Waals surface area contributed by atoms with E-state index in [1.165, 1.54) is 0 Å². The average Bonchev–Trinajstić information content (AvgIpc) is 2.68. The summed E-state index contributed by atoms with van der Waals surface area (Å²) in [5, 5.41) is 10.4. The number of carbonyl (C=O) groups is 1. The van der Waals surface area contributed by atoms with Crippen LogP contribution in [0.25, 0.3) is 11.0 Å². The SMILES string of the molecule is Cc1ccc(C(C)(C)C)c2oc(C(=O)O)c(C(C)C)c12. The summed E-state index contributed by atoms with van der Waals surface area (Å²) in [6, 6.07) is 4.09. The molecule has 0 amide bonds. The third kappa shape index (κ3) is 2.21. The number of aromatic carboxylic acids is 1. The Morgan fingerprint density at radius 2 is 1.85 bits per heavy atom. The molecule has 0 spiro atoms. The molecule has 1 N–H and O–H groups in total. The van der Waals surface area contributed by atoms with Crippen LogP contribution in [0.5, 0.6) is 0 Å². The number of hydrogen-bond acceptors (Lipinski definition) is 2. The lowest BCUT2D eigenvalue weighted by atomic mass is 9.84. The van der Waals surface area contributed by atoms with Crippen molar-refractivity contribution in [1.29, 1.82) is 0 Å². The molecule has 0 atom stereocenters. The maximum Gasteiger partial charge on any atom is 0.372 e. The molecule has 0 radical (unpaired) electrons. The van der Waals surface area contributed by atoms with Crippen molar-refractivity contribution in [1.82, 2.24) is 0 Å². The first kappa shape index (κ1) is 14.6. The Morgan fingerprint density at radius 1 is 1.25 bits per heavy atom. The van der Waals surface area contributed by atoms with Gasteiger partial charge in [0.2, 0.25) is 5.76 Å². The van der Waals surface area contributed by atoms with Gasteiger partial charge < -0.3 is 9.52 Å². The van der Waals surface area contributed by atoms with E-state index in [0.717, 1.165) is 27.7 Å². The molecule has 3 nitrogen and oxygen atoms in total. The number of aryl methyl sites for hydroxylation is 1. The minimum Gasteiger partial charge on any atom is -0.475 e. The Morgan fingerprint density at radius 3 is 2.30 bits per heavy atom. The van der Waals surface area contributed by atoms with Crippen LogP contribution in [-0.4, -0.2) is 11.1 Å². The summed E-state index contributed by atoms with van der Waals surface area (Å²) < 4.78 is 5.76. The van der Waals surface area contributed by atoms with Gasteiger partial charge in [-0.1, -0.05) is 46.8 Å². The molecule has 0 aliphatic rings. The lowest BCUT2D eigenvalue weighted by Crippen LogP contribution is -2.11. The lowest BCUT2D eigenvalue weighted by Gasteiger charge is -2.19. The van der Waals surface area contributed by atoms with Gasteiger partial charge in [0.15, 0.2) is 0 Å². The second-order valence-electron chi connectivity index (χ2n) is 6.69. The fraction of sp³-hybridized carbons (Fsp3) is 0.471. The molecule has 0 fully saturated rings. The summed E-state index contributed by atoms with van der Waals surface area (Å²) in [6.45, 7) is 12.3. The van der Waals surface area contributed by atoms with Crippen LogP contribution in [-0.2, 0) is 5.41 Å². The van der Waals surface area contributed by atoms with Gasteiger partial charge >= 0.3 is 5.97 Å². The Labute approximate surface area is 119 Å². The minimum absolute atomic E-state index is 0.0785. The van der Waals surface area contributed by atoms with Crippen LogP contribution < -0.4 is 0 Å². The fourth-order valence-corrected chi connectivity index (χ4v) is 2.69. The van der Waals surface area contributed by atoms with Gasteiger partial charge in [-0.15, -0.1) is 0 Å². The average molecular weight is 274 g/mol. The number of fused-ring (bicyclic) bond motifs is 1. The Kier molecular flexibility index (Phi) is 3.41. The van der Waals surface area contributed by atoms with E-state index in [-0.39, 0.29) is 17.1 Å². The summed E-state index contributed by atoms with van der Waals surface area (Å²) >= 11 is 0. The molecule has 2 aromatic rings. The number of rotatable bonds is 2. The fourth-order valence-electron chi connectivity index (χ4n) is 2.69. The van der Waals surface area contributed by atoms with Crippen molar-refractivity contribution in [3.05, 3.63) is 34.6 Å². The van der Waals surface area contributed by atoms with E-state index < -0.39 is 5.97 Å². The predicted molar refractivity (Wildman–Crippen MR) is 80.7 cm³/mol. The largest absolute Gasteiger partial charge is 0.475 e. The third-order valence-electron chi connectivity index (χ3n) is 3.66. The molecule has 1 aromatic heterocycles. The van der Waals surface area contributed by atoms with Crippen LogP contribution in [0.4, 0.5) is 0 Å². The van der Waals surface area contributed by atoms with Crippen molar-refractivity contribution in [2.45, 2.75) is 52.9 Å². The highest BCUT2D eigenvalue weighted by molar-refractivity contribution is 5.98. The van der Waals surface area contributed by atoms with Crippen LogP contribution in [0.3, 0.4) is 0 Å². The Bertz CT molecular complexity index is 670. The highest BCUT2D eigenvalue weighted by atomic mass is 16.4. The van der Waals surface area contributed by atoms with Gasteiger partial charge in [0.25, 0.3) is 0 Å². The van der Waals surface area contributed by atoms with Crippen LogP contribution in [0.2, 0.25) is 0 Å². The smallest absolute Gasteiger partial charge is 0.372 e. The third-order valence-corrected chi connectivity index (χ3v) is 3.66. The maximum atomic E-state index is 11.5. The molecule has 20 heavy (non-hydrogen) atoms. The number of hydrogen-bond donors (Lipinski definition) is 1. The molecule has 1 aromatic carbocycles. The van der Waals surface area contributed by atoms with E-state index in [2.05, 4.69) is 26.8 Å².